The molecule has 0 fully saturated rings. The largest absolute Gasteiger partial charge is 0.467 e. The van der Waals surface area contributed by atoms with Crippen molar-refractivity contribution in [3.05, 3.63) is 54.0 Å². The number of anilines is 1. The molecule has 2 rings (SSSR count). The highest BCUT2D eigenvalue weighted by molar-refractivity contribution is 7.80. The van der Waals surface area contributed by atoms with Gasteiger partial charge in [0.15, 0.2) is 5.11 Å². The average molecular weight is 417 g/mol. The Morgan fingerprint density at radius 3 is 2.62 bits per heavy atom. The number of esters is 1. The lowest BCUT2D eigenvalue weighted by molar-refractivity contribution is -0.144. The van der Waals surface area contributed by atoms with E-state index in [0.29, 0.717) is 23.6 Å². The maximum atomic E-state index is 12.5. The molecule has 0 radical (unpaired) electrons. The summed E-state index contributed by atoms with van der Waals surface area (Å²) in [6.45, 7) is 2.47. The lowest BCUT2D eigenvalue weighted by atomic mass is 10.1. The first-order valence-corrected chi connectivity index (χ1v) is 9.56. The molecule has 3 N–H and O–H groups in total. The molecule has 0 saturated heterocycles. The summed E-state index contributed by atoms with van der Waals surface area (Å²) in [5.74, 6) is -0.545. The summed E-state index contributed by atoms with van der Waals surface area (Å²) in [5.41, 5.74) is 0.802. The van der Waals surface area contributed by atoms with Gasteiger partial charge in [-0.25, -0.2) is 0 Å². The predicted molar refractivity (Wildman–Crippen MR) is 111 cm³/mol. The zero-order valence-electron chi connectivity index (χ0n) is 16.0. The van der Waals surface area contributed by atoms with Crippen molar-refractivity contribution in [1.82, 2.24) is 10.6 Å². The van der Waals surface area contributed by atoms with Gasteiger partial charge in [-0.05, 0) is 42.9 Å². The number of para-hydroxylation sites is 1. The summed E-state index contributed by atoms with van der Waals surface area (Å²) in [4.78, 5) is 35.8. The number of furan rings is 1. The molecular formula is C20H23N3O5S. The summed E-state index contributed by atoms with van der Waals surface area (Å²) in [7, 11) is 0. The van der Waals surface area contributed by atoms with Crippen molar-refractivity contribution in [1.29, 1.82) is 0 Å². The molecular weight excluding hydrogens is 394 g/mol. The lowest BCUT2D eigenvalue weighted by Crippen LogP contribution is -2.35. The molecule has 0 saturated carbocycles. The van der Waals surface area contributed by atoms with Gasteiger partial charge >= 0.3 is 5.97 Å². The Balaban J connectivity index is 1.85. The maximum Gasteiger partial charge on any atom is 0.306 e. The number of carbonyl (C=O) groups excluding carboxylic acids is 3. The number of ether oxygens (including phenoxy) is 1. The average Bonchev–Trinajstić information content (AvgIpc) is 3.23. The molecule has 1 aromatic carbocycles. The molecule has 0 aliphatic carbocycles. The van der Waals surface area contributed by atoms with E-state index < -0.39 is 11.9 Å². The van der Waals surface area contributed by atoms with Crippen molar-refractivity contribution in [3.63, 3.8) is 0 Å². The molecule has 9 heteroatoms. The minimum atomic E-state index is -0.431. The number of rotatable bonds is 9. The van der Waals surface area contributed by atoms with E-state index in [4.69, 9.17) is 21.4 Å². The maximum absolute atomic E-state index is 12.5. The van der Waals surface area contributed by atoms with Gasteiger partial charge in [0, 0.05) is 6.42 Å². The van der Waals surface area contributed by atoms with Crippen LogP contribution in [0.1, 0.15) is 42.3 Å². The summed E-state index contributed by atoms with van der Waals surface area (Å²) in [6, 6.07) is 10.3. The van der Waals surface area contributed by atoms with Crippen LogP contribution in [0.25, 0.3) is 0 Å². The van der Waals surface area contributed by atoms with E-state index in [0.717, 1.165) is 6.42 Å². The van der Waals surface area contributed by atoms with Crippen LogP contribution in [-0.4, -0.2) is 29.5 Å². The third-order valence-corrected chi connectivity index (χ3v) is 3.90. The summed E-state index contributed by atoms with van der Waals surface area (Å²) in [6.07, 6.45) is 2.18. The first-order chi connectivity index (χ1) is 14.0. The van der Waals surface area contributed by atoms with Crippen molar-refractivity contribution >= 4 is 40.8 Å². The van der Waals surface area contributed by atoms with Crippen molar-refractivity contribution < 1.29 is 23.5 Å². The Hall–Kier alpha value is -3.20. The molecule has 29 heavy (non-hydrogen) atoms. The van der Waals surface area contributed by atoms with Gasteiger partial charge in [0.05, 0.1) is 37.1 Å². The van der Waals surface area contributed by atoms with Crippen LogP contribution in [0, 0.1) is 0 Å². The quantitative estimate of drug-likeness (QED) is 0.425. The van der Waals surface area contributed by atoms with E-state index in [1.54, 1.807) is 36.4 Å². The van der Waals surface area contributed by atoms with Crippen LogP contribution < -0.4 is 16.0 Å². The number of thiocarbonyl (C=S) groups is 1. The van der Waals surface area contributed by atoms with Crippen molar-refractivity contribution in [2.75, 3.05) is 11.9 Å². The highest BCUT2D eigenvalue weighted by atomic mass is 32.1. The van der Waals surface area contributed by atoms with Crippen molar-refractivity contribution in [2.45, 2.75) is 32.7 Å². The van der Waals surface area contributed by atoms with Gasteiger partial charge in [-0.1, -0.05) is 19.1 Å². The number of benzene rings is 1. The fraction of sp³-hybridized carbons (Fsp3) is 0.300. The summed E-state index contributed by atoms with van der Waals surface area (Å²) < 4.78 is 10.1. The summed E-state index contributed by atoms with van der Waals surface area (Å²) >= 11 is 5.13. The normalized spacial score (nSPS) is 10.1. The smallest absolute Gasteiger partial charge is 0.306 e. The molecule has 0 bridgehead atoms. The molecule has 0 spiro atoms. The van der Waals surface area contributed by atoms with Gasteiger partial charge in [-0.2, -0.15) is 0 Å². The van der Waals surface area contributed by atoms with Crippen LogP contribution in [0.2, 0.25) is 0 Å². The number of amides is 2. The molecule has 2 aromatic rings. The van der Waals surface area contributed by atoms with E-state index in [-0.39, 0.29) is 30.4 Å². The van der Waals surface area contributed by atoms with Gasteiger partial charge in [0.1, 0.15) is 5.76 Å². The van der Waals surface area contributed by atoms with E-state index in [1.165, 1.54) is 6.26 Å². The first-order valence-electron chi connectivity index (χ1n) is 9.15. The van der Waals surface area contributed by atoms with Gasteiger partial charge in [-0.3, -0.25) is 14.4 Å². The molecule has 1 aromatic heterocycles. The zero-order valence-corrected chi connectivity index (χ0v) is 16.8. The third kappa shape index (κ3) is 7.74. The summed E-state index contributed by atoms with van der Waals surface area (Å²) in [5, 5.41) is 8.11. The van der Waals surface area contributed by atoms with Crippen LogP contribution in [-0.2, 0) is 20.9 Å². The number of nitrogens with one attached hydrogen (secondary N) is 3. The fourth-order valence-corrected chi connectivity index (χ4v) is 2.54. The molecule has 0 aliphatic rings. The van der Waals surface area contributed by atoms with Crippen molar-refractivity contribution in [2.24, 2.45) is 0 Å². The van der Waals surface area contributed by atoms with Gasteiger partial charge in [0.25, 0.3) is 5.91 Å². The minimum absolute atomic E-state index is 0.0276. The molecule has 8 nitrogen and oxygen atoms in total. The van der Waals surface area contributed by atoms with Gasteiger partial charge in [-0.15, -0.1) is 0 Å². The van der Waals surface area contributed by atoms with Crippen LogP contribution >= 0.6 is 12.2 Å². The second kappa shape index (κ2) is 11.6. The minimum Gasteiger partial charge on any atom is -0.467 e. The number of hydrogen-bond acceptors (Lipinski definition) is 6. The first kappa shape index (κ1) is 22.1. The second-order valence-electron chi connectivity index (χ2n) is 6.03. The Morgan fingerprint density at radius 2 is 1.90 bits per heavy atom. The molecule has 154 valence electrons. The Morgan fingerprint density at radius 1 is 1.10 bits per heavy atom. The van der Waals surface area contributed by atoms with Gasteiger partial charge < -0.3 is 25.1 Å². The standard InChI is InChI=1S/C20H23N3O5S/c1-2-11-28-18(25)10-9-17(24)23-20(29)22-16-8-4-3-7-15(16)19(26)21-13-14-6-5-12-27-14/h3-8,12H,2,9-11,13H2,1H3,(H,21,26)(H2,22,23,24,29). The van der Waals surface area contributed by atoms with E-state index in [1.807, 2.05) is 6.92 Å². The Labute approximate surface area is 174 Å². The van der Waals surface area contributed by atoms with Crippen LogP contribution in [0.4, 0.5) is 5.69 Å². The number of carbonyl (C=O) groups is 3. The van der Waals surface area contributed by atoms with Crippen LogP contribution in [0.5, 0.6) is 0 Å². The molecule has 2 amide bonds. The molecule has 0 atom stereocenters. The fourth-order valence-electron chi connectivity index (χ4n) is 2.31. The van der Waals surface area contributed by atoms with Crippen LogP contribution in [0.3, 0.4) is 0 Å². The molecule has 1 heterocycles. The molecule has 0 unspecified atom stereocenters. The lowest BCUT2D eigenvalue weighted by Gasteiger charge is -2.13. The highest BCUT2D eigenvalue weighted by Gasteiger charge is 2.14. The predicted octanol–water partition coefficient (Wildman–Crippen LogP) is 2.76. The third-order valence-electron chi connectivity index (χ3n) is 3.70. The Bertz CT molecular complexity index is 852. The van der Waals surface area contributed by atoms with Gasteiger partial charge in [0.2, 0.25) is 5.91 Å². The van der Waals surface area contributed by atoms with E-state index in [9.17, 15) is 14.4 Å². The SMILES string of the molecule is CCCOC(=O)CCC(=O)NC(=S)Nc1ccccc1C(=O)NCc1ccco1. The monoisotopic (exact) mass is 417 g/mol. The molecule has 0 aliphatic heterocycles. The topological polar surface area (TPSA) is 110 Å². The van der Waals surface area contributed by atoms with Crippen molar-refractivity contribution in [3.8, 4) is 0 Å². The zero-order chi connectivity index (χ0) is 21.1. The Kier molecular flexibility index (Phi) is 8.84. The second-order valence-corrected chi connectivity index (χ2v) is 6.44. The van der Waals surface area contributed by atoms with E-state index in [2.05, 4.69) is 16.0 Å². The number of hydrogen-bond donors (Lipinski definition) is 3. The highest BCUT2D eigenvalue weighted by Crippen LogP contribution is 2.15. The van der Waals surface area contributed by atoms with Crippen LogP contribution in [0.15, 0.2) is 47.1 Å². The van der Waals surface area contributed by atoms with E-state index >= 15 is 0 Å².